The third-order valence-corrected chi connectivity index (χ3v) is 8.31. The Kier molecular flexibility index (Phi) is 7.83. The lowest BCUT2D eigenvalue weighted by atomic mass is 9.85. The van der Waals surface area contributed by atoms with Crippen molar-refractivity contribution in [2.45, 2.75) is 39.5 Å². The van der Waals surface area contributed by atoms with Crippen molar-refractivity contribution in [3.8, 4) is 0 Å². The van der Waals surface area contributed by atoms with Gasteiger partial charge in [-0.15, -0.1) is 0 Å². The third-order valence-electron chi connectivity index (χ3n) is 7.73. The maximum Gasteiger partial charge on any atom is 0.335 e. The van der Waals surface area contributed by atoms with Crippen LogP contribution >= 0.6 is 11.6 Å². The van der Waals surface area contributed by atoms with Gasteiger partial charge < -0.3 is 5.11 Å². The second-order valence-electron chi connectivity index (χ2n) is 10.4. The van der Waals surface area contributed by atoms with Crippen LogP contribution in [0.4, 0.5) is 4.39 Å². The second-order valence-corrected chi connectivity index (χ2v) is 10.8. The number of rotatable bonds is 7. The Bertz CT molecular complexity index is 1430. The van der Waals surface area contributed by atoms with Gasteiger partial charge in [0.2, 0.25) is 0 Å². The van der Waals surface area contributed by atoms with E-state index >= 15 is 0 Å². The SMILES string of the molecule is Cc1ccc(C2=C(c3ccc(C=C4CN(CCCF)C4)cc3)c3ccc(C(=O)O)cc3CCC2)c(C)c1Cl. The zero-order valence-corrected chi connectivity index (χ0v) is 22.7. The van der Waals surface area contributed by atoms with Gasteiger partial charge in [-0.1, -0.05) is 60.1 Å². The van der Waals surface area contributed by atoms with Crippen LogP contribution in [0.5, 0.6) is 0 Å². The predicted molar refractivity (Wildman–Crippen MR) is 155 cm³/mol. The molecule has 1 aliphatic heterocycles. The summed E-state index contributed by atoms with van der Waals surface area (Å²) in [5, 5.41) is 10.4. The summed E-state index contributed by atoms with van der Waals surface area (Å²) in [7, 11) is 0. The summed E-state index contributed by atoms with van der Waals surface area (Å²) in [4.78, 5) is 14.0. The third kappa shape index (κ3) is 5.34. The number of likely N-dealkylation sites (tertiary alicyclic amines) is 1. The number of aryl methyl sites for hydroxylation is 2. The molecular weight excluding hydrogens is 497 g/mol. The Balaban J connectivity index is 1.57. The average molecular weight is 530 g/mol. The Morgan fingerprint density at radius 2 is 1.76 bits per heavy atom. The number of hydrogen-bond donors (Lipinski definition) is 1. The predicted octanol–water partition coefficient (Wildman–Crippen LogP) is 8.01. The normalized spacial score (nSPS) is 15.6. The molecule has 0 radical (unpaired) electrons. The summed E-state index contributed by atoms with van der Waals surface area (Å²) in [6, 6.07) is 18.4. The molecule has 0 atom stereocenters. The molecule has 0 aromatic heterocycles. The van der Waals surface area contributed by atoms with E-state index in [9.17, 15) is 14.3 Å². The highest BCUT2D eigenvalue weighted by Gasteiger charge is 2.23. The molecule has 0 spiro atoms. The molecule has 1 fully saturated rings. The molecule has 196 valence electrons. The standard InChI is InChI=1S/C33H33ClFNO2/c1-21-7-13-28(22(2)32(21)34)30-6-3-5-26-18-27(33(37)38)12-14-29(26)31(30)25-10-8-23(9-11-25)17-24-19-36(20-24)16-4-15-35/h7-14,17-18H,3-6,15-16,19-20H2,1-2H3,(H,37,38). The molecule has 3 nitrogen and oxygen atoms in total. The van der Waals surface area contributed by atoms with Crippen LogP contribution in [-0.2, 0) is 6.42 Å². The van der Waals surface area contributed by atoms with E-state index in [1.54, 1.807) is 6.07 Å². The number of carbonyl (C=O) groups is 1. The lowest BCUT2D eigenvalue weighted by Gasteiger charge is -2.33. The highest BCUT2D eigenvalue weighted by atomic mass is 35.5. The summed E-state index contributed by atoms with van der Waals surface area (Å²) in [6.45, 7) is 6.48. The van der Waals surface area contributed by atoms with Gasteiger partial charge in [0.05, 0.1) is 12.2 Å². The molecule has 1 heterocycles. The van der Waals surface area contributed by atoms with Gasteiger partial charge >= 0.3 is 5.97 Å². The number of allylic oxidation sites excluding steroid dienone is 1. The van der Waals surface area contributed by atoms with Crippen LogP contribution in [0.2, 0.25) is 5.02 Å². The first kappa shape index (κ1) is 26.4. The fourth-order valence-corrected chi connectivity index (χ4v) is 5.87. The van der Waals surface area contributed by atoms with Crippen LogP contribution < -0.4 is 0 Å². The maximum absolute atomic E-state index is 12.4. The van der Waals surface area contributed by atoms with Crippen LogP contribution in [-0.4, -0.2) is 42.3 Å². The van der Waals surface area contributed by atoms with Gasteiger partial charge in [0.1, 0.15) is 0 Å². The van der Waals surface area contributed by atoms with Gasteiger partial charge in [-0.25, -0.2) is 4.79 Å². The first-order chi connectivity index (χ1) is 18.4. The van der Waals surface area contributed by atoms with E-state index in [1.165, 1.54) is 11.1 Å². The number of benzene rings is 3. The van der Waals surface area contributed by atoms with Crippen LogP contribution in [0.25, 0.3) is 17.2 Å². The minimum absolute atomic E-state index is 0.260. The Morgan fingerprint density at radius 1 is 1.03 bits per heavy atom. The Morgan fingerprint density at radius 3 is 2.47 bits per heavy atom. The van der Waals surface area contributed by atoms with Crippen molar-refractivity contribution in [3.05, 3.63) is 110 Å². The molecule has 5 rings (SSSR count). The summed E-state index contributed by atoms with van der Waals surface area (Å²) < 4.78 is 12.4. The lowest BCUT2D eigenvalue weighted by Crippen LogP contribution is -2.40. The zero-order chi connectivity index (χ0) is 26.8. The first-order valence-electron chi connectivity index (χ1n) is 13.3. The molecule has 0 bridgehead atoms. The molecule has 3 aromatic rings. The van der Waals surface area contributed by atoms with E-state index in [2.05, 4.69) is 54.3 Å². The average Bonchev–Trinajstić information content (AvgIpc) is 3.08. The van der Waals surface area contributed by atoms with E-state index in [0.29, 0.717) is 12.0 Å². The van der Waals surface area contributed by atoms with Gasteiger partial charge in [0.25, 0.3) is 0 Å². The van der Waals surface area contributed by atoms with Crippen molar-refractivity contribution in [1.82, 2.24) is 4.90 Å². The van der Waals surface area contributed by atoms with E-state index in [1.807, 2.05) is 19.1 Å². The molecule has 1 aliphatic carbocycles. The molecule has 38 heavy (non-hydrogen) atoms. The summed E-state index contributed by atoms with van der Waals surface area (Å²) in [5.74, 6) is -0.902. The molecule has 0 amide bonds. The molecule has 1 saturated heterocycles. The minimum Gasteiger partial charge on any atom is -0.478 e. The second kappa shape index (κ2) is 11.3. The molecule has 0 saturated carbocycles. The van der Waals surface area contributed by atoms with Crippen LogP contribution in [0.3, 0.4) is 0 Å². The molecule has 3 aromatic carbocycles. The van der Waals surface area contributed by atoms with E-state index in [0.717, 1.165) is 88.4 Å². The largest absolute Gasteiger partial charge is 0.478 e. The molecule has 2 aliphatic rings. The van der Waals surface area contributed by atoms with Crippen molar-refractivity contribution < 1.29 is 14.3 Å². The number of alkyl halides is 1. The molecular formula is C33H33ClFNO2. The van der Waals surface area contributed by atoms with E-state index in [-0.39, 0.29) is 6.67 Å². The number of hydrogen-bond acceptors (Lipinski definition) is 2. The number of nitrogens with zero attached hydrogens (tertiary/aromatic N) is 1. The van der Waals surface area contributed by atoms with Crippen LogP contribution in [0, 0.1) is 13.8 Å². The van der Waals surface area contributed by atoms with Gasteiger partial charge in [-0.05, 0) is 107 Å². The van der Waals surface area contributed by atoms with E-state index in [4.69, 9.17) is 11.6 Å². The Hall–Kier alpha value is -3.21. The fraction of sp³-hybridized carbons (Fsp3) is 0.303. The van der Waals surface area contributed by atoms with Crippen LogP contribution in [0.1, 0.15) is 68.6 Å². The topological polar surface area (TPSA) is 40.5 Å². The van der Waals surface area contributed by atoms with Crippen LogP contribution in [0.15, 0.2) is 60.2 Å². The summed E-state index contributed by atoms with van der Waals surface area (Å²) in [6.07, 6.45) is 5.47. The smallest absolute Gasteiger partial charge is 0.335 e. The lowest BCUT2D eigenvalue weighted by molar-refractivity contribution is 0.0696. The Labute approximate surface area is 229 Å². The molecule has 5 heteroatoms. The van der Waals surface area contributed by atoms with Crippen molar-refractivity contribution in [3.63, 3.8) is 0 Å². The number of aromatic carboxylic acids is 1. The number of halogens is 2. The summed E-state index contributed by atoms with van der Waals surface area (Å²) >= 11 is 6.70. The first-order valence-corrected chi connectivity index (χ1v) is 13.7. The minimum atomic E-state index is -0.902. The van der Waals surface area contributed by atoms with Gasteiger partial charge in [0.15, 0.2) is 0 Å². The number of fused-ring (bicyclic) bond motifs is 1. The highest BCUT2D eigenvalue weighted by molar-refractivity contribution is 6.32. The van der Waals surface area contributed by atoms with Gasteiger partial charge in [0, 0.05) is 24.7 Å². The van der Waals surface area contributed by atoms with Crippen molar-refractivity contribution >= 4 is 34.8 Å². The van der Waals surface area contributed by atoms with Crippen molar-refractivity contribution in [2.24, 2.45) is 0 Å². The quantitative estimate of drug-likeness (QED) is 0.337. The molecule has 1 N–H and O–H groups in total. The number of carboxylic acids is 1. The summed E-state index contributed by atoms with van der Waals surface area (Å²) in [5.41, 5.74) is 11.8. The van der Waals surface area contributed by atoms with Gasteiger partial charge in [-0.3, -0.25) is 9.29 Å². The van der Waals surface area contributed by atoms with Gasteiger partial charge in [-0.2, -0.15) is 0 Å². The van der Waals surface area contributed by atoms with Crippen molar-refractivity contribution in [2.75, 3.05) is 26.3 Å². The van der Waals surface area contributed by atoms with Crippen molar-refractivity contribution in [1.29, 1.82) is 0 Å². The highest BCUT2D eigenvalue weighted by Crippen LogP contribution is 2.42. The number of carboxylic acid groups (broad SMARTS) is 1. The maximum atomic E-state index is 12.4. The van der Waals surface area contributed by atoms with E-state index < -0.39 is 5.97 Å². The monoisotopic (exact) mass is 529 g/mol. The zero-order valence-electron chi connectivity index (χ0n) is 22.0. The molecule has 0 unspecified atom stereocenters. The fourth-order valence-electron chi connectivity index (χ4n) is 5.71.